The molecule has 3 aromatic rings. The van der Waals surface area contributed by atoms with Crippen molar-refractivity contribution in [1.29, 1.82) is 0 Å². The Hall–Kier alpha value is -3.29. The minimum Gasteiger partial charge on any atom is -0.478 e. The number of carbonyl (C=O) groups excluding carboxylic acids is 1. The van der Waals surface area contributed by atoms with E-state index in [0.29, 0.717) is 5.69 Å². The lowest BCUT2D eigenvalue weighted by Crippen LogP contribution is -2.36. The third-order valence-electron chi connectivity index (χ3n) is 3.40. The number of aromatic nitrogens is 4. The largest absolute Gasteiger partial charge is 0.478 e. The summed E-state index contributed by atoms with van der Waals surface area (Å²) >= 11 is 0. The summed E-state index contributed by atoms with van der Waals surface area (Å²) in [5.74, 6) is -0.853. The van der Waals surface area contributed by atoms with Gasteiger partial charge in [0.25, 0.3) is 5.91 Å². The fraction of sp³-hybridized carbons (Fsp3) is 0.176. The molecule has 7 nitrogen and oxygen atoms in total. The highest BCUT2D eigenvalue weighted by Gasteiger charge is 2.16. The third kappa shape index (κ3) is 4.17. The van der Waals surface area contributed by atoms with Crippen LogP contribution in [0.5, 0.6) is 5.75 Å². The quantitative estimate of drug-likeness (QED) is 0.740. The van der Waals surface area contributed by atoms with Gasteiger partial charge in [0.2, 0.25) is 0 Å². The summed E-state index contributed by atoms with van der Waals surface area (Å²) in [5, 5.41) is 10.7. The van der Waals surface area contributed by atoms with Gasteiger partial charge in [-0.3, -0.25) is 9.78 Å². The molecule has 8 heteroatoms. The summed E-state index contributed by atoms with van der Waals surface area (Å²) in [6.07, 6.45) is 4.17. The Bertz CT molecular complexity index is 853. The van der Waals surface area contributed by atoms with E-state index in [1.54, 1.807) is 48.4 Å². The summed E-state index contributed by atoms with van der Waals surface area (Å²) in [6.45, 7) is 1.73. The maximum atomic E-state index is 13.5. The minimum absolute atomic E-state index is 0.0349. The van der Waals surface area contributed by atoms with Crippen LogP contribution in [0.15, 0.2) is 55.0 Å². The lowest BCUT2D eigenvalue weighted by molar-refractivity contribution is -0.127. The van der Waals surface area contributed by atoms with Crippen molar-refractivity contribution in [1.82, 2.24) is 25.3 Å². The van der Waals surface area contributed by atoms with Crippen LogP contribution in [0, 0.1) is 5.82 Å². The van der Waals surface area contributed by atoms with Crippen LogP contribution in [-0.4, -0.2) is 32.0 Å². The molecule has 0 aliphatic rings. The second-order valence-corrected chi connectivity index (χ2v) is 5.27. The zero-order valence-corrected chi connectivity index (χ0v) is 13.5. The monoisotopic (exact) mass is 341 g/mol. The average Bonchev–Trinajstić information content (AvgIpc) is 3.11. The number of nitrogens with one attached hydrogen (secondary N) is 1. The molecule has 1 atom stereocenters. The SMILES string of the molecule is C[C@H](Oc1ccccc1F)C(=O)NCc1cn(-c2cccnc2)nn1. The fourth-order valence-corrected chi connectivity index (χ4v) is 2.10. The summed E-state index contributed by atoms with van der Waals surface area (Å²) in [7, 11) is 0. The molecule has 0 aliphatic carbocycles. The van der Waals surface area contributed by atoms with Gasteiger partial charge in [-0.25, -0.2) is 9.07 Å². The van der Waals surface area contributed by atoms with E-state index in [9.17, 15) is 9.18 Å². The number of hydrogen-bond donors (Lipinski definition) is 1. The van der Waals surface area contributed by atoms with Crippen LogP contribution in [-0.2, 0) is 11.3 Å². The first kappa shape index (κ1) is 16.6. The van der Waals surface area contributed by atoms with Crippen LogP contribution in [0.25, 0.3) is 5.69 Å². The van der Waals surface area contributed by atoms with Gasteiger partial charge in [0.05, 0.1) is 24.6 Å². The molecular weight excluding hydrogens is 325 g/mol. The molecule has 0 unspecified atom stereocenters. The number of para-hydroxylation sites is 1. The molecule has 1 aromatic carbocycles. The number of hydrogen-bond acceptors (Lipinski definition) is 5. The van der Waals surface area contributed by atoms with Gasteiger partial charge in [-0.2, -0.15) is 0 Å². The van der Waals surface area contributed by atoms with E-state index in [2.05, 4.69) is 20.6 Å². The smallest absolute Gasteiger partial charge is 0.261 e. The van der Waals surface area contributed by atoms with E-state index in [-0.39, 0.29) is 18.2 Å². The first-order chi connectivity index (χ1) is 12.1. The molecule has 0 saturated carbocycles. The highest BCUT2D eigenvalue weighted by atomic mass is 19.1. The molecule has 2 heterocycles. The fourth-order valence-electron chi connectivity index (χ4n) is 2.10. The number of rotatable bonds is 6. The van der Waals surface area contributed by atoms with Gasteiger partial charge in [0.15, 0.2) is 17.7 Å². The number of carbonyl (C=O) groups is 1. The molecule has 128 valence electrons. The molecule has 0 saturated heterocycles. The molecule has 3 rings (SSSR count). The van der Waals surface area contributed by atoms with Crippen molar-refractivity contribution in [3.05, 3.63) is 66.5 Å². The lowest BCUT2D eigenvalue weighted by atomic mass is 10.3. The number of amides is 1. The molecule has 0 bridgehead atoms. The normalized spacial score (nSPS) is 11.8. The van der Waals surface area contributed by atoms with Gasteiger partial charge in [-0.05, 0) is 31.2 Å². The number of nitrogens with zero attached hydrogens (tertiary/aromatic N) is 4. The van der Waals surface area contributed by atoms with Crippen LogP contribution >= 0.6 is 0 Å². The van der Waals surface area contributed by atoms with E-state index in [4.69, 9.17) is 4.74 Å². The van der Waals surface area contributed by atoms with Gasteiger partial charge in [0, 0.05) is 6.20 Å². The van der Waals surface area contributed by atoms with Crippen LogP contribution in [0.2, 0.25) is 0 Å². The predicted octanol–water partition coefficient (Wildman–Crippen LogP) is 1.89. The van der Waals surface area contributed by atoms with E-state index < -0.39 is 11.9 Å². The molecular formula is C17H16FN5O2. The van der Waals surface area contributed by atoms with Crippen molar-refractivity contribution in [3.8, 4) is 11.4 Å². The van der Waals surface area contributed by atoms with Crippen LogP contribution < -0.4 is 10.1 Å². The maximum absolute atomic E-state index is 13.5. The van der Waals surface area contributed by atoms with Crippen molar-refractivity contribution < 1.29 is 13.9 Å². The third-order valence-corrected chi connectivity index (χ3v) is 3.40. The van der Waals surface area contributed by atoms with E-state index in [0.717, 1.165) is 5.69 Å². The molecule has 0 aliphatic heterocycles. The number of benzene rings is 1. The topological polar surface area (TPSA) is 81.9 Å². The lowest BCUT2D eigenvalue weighted by Gasteiger charge is -2.14. The Kier molecular flexibility index (Phi) is 4.98. The van der Waals surface area contributed by atoms with Crippen molar-refractivity contribution in [3.63, 3.8) is 0 Å². The predicted molar refractivity (Wildman–Crippen MR) is 87.5 cm³/mol. The second kappa shape index (κ2) is 7.52. The van der Waals surface area contributed by atoms with E-state index >= 15 is 0 Å². The Morgan fingerprint density at radius 2 is 2.16 bits per heavy atom. The summed E-state index contributed by atoms with van der Waals surface area (Å²) in [4.78, 5) is 16.1. The molecule has 0 fully saturated rings. The Labute approximate surface area is 143 Å². The highest BCUT2D eigenvalue weighted by Crippen LogP contribution is 2.17. The van der Waals surface area contributed by atoms with Crippen molar-refractivity contribution >= 4 is 5.91 Å². The number of halogens is 1. The molecule has 0 spiro atoms. The second-order valence-electron chi connectivity index (χ2n) is 5.27. The average molecular weight is 341 g/mol. The molecule has 1 amide bonds. The van der Waals surface area contributed by atoms with E-state index in [1.807, 2.05) is 6.07 Å². The minimum atomic E-state index is -0.842. The van der Waals surface area contributed by atoms with Crippen LogP contribution in [0.3, 0.4) is 0 Å². The molecule has 1 N–H and O–H groups in total. The first-order valence-corrected chi connectivity index (χ1v) is 7.64. The summed E-state index contributed by atoms with van der Waals surface area (Å²) in [6, 6.07) is 9.57. The standard InChI is InChI=1S/C17H16FN5O2/c1-12(25-16-7-3-2-6-15(16)18)17(24)20-9-13-11-23(22-21-13)14-5-4-8-19-10-14/h2-8,10-12H,9H2,1H3,(H,20,24)/t12-/m0/s1. The number of ether oxygens (including phenoxy) is 1. The van der Waals surface area contributed by atoms with Gasteiger partial charge in [0.1, 0.15) is 5.69 Å². The van der Waals surface area contributed by atoms with Crippen molar-refractivity contribution in [2.24, 2.45) is 0 Å². The summed E-state index contributed by atoms with van der Waals surface area (Å²) < 4.78 is 20.4. The van der Waals surface area contributed by atoms with Gasteiger partial charge in [-0.1, -0.05) is 17.3 Å². The molecule has 0 radical (unpaired) electrons. The zero-order valence-electron chi connectivity index (χ0n) is 13.5. The number of pyridine rings is 1. The van der Waals surface area contributed by atoms with Gasteiger partial charge >= 0.3 is 0 Å². The van der Waals surface area contributed by atoms with Gasteiger partial charge < -0.3 is 10.1 Å². The van der Waals surface area contributed by atoms with Gasteiger partial charge in [-0.15, -0.1) is 5.10 Å². The maximum Gasteiger partial charge on any atom is 0.261 e. The van der Waals surface area contributed by atoms with Crippen molar-refractivity contribution in [2.75, 3.05) is 0 Å². The highest BCUT2D eigenvalue weighted by molar-refractivity contribution is 5.80. The Morgan fingerprint density at radius 3 is 2.92 bits per heavy atom. The van der Waals surface area contributed by atoms with Crippen LogP contribution in [0.1, 0.15) is 12.6 Å². The molecule has 2 aromatic heterocycles. The Morgan fingerprint density at radius 1 is 1.32 bits per heavy atom. The van der Waals surface area contributed by atoms with E-state index in [1.165, 1.54) is 12.1 Å². The molecule has 25 heavy (non-hydrogen) atoms. The Balaban J connectivity index is 1.55. The zero-order chi connectivity index (χ0) is 17.6. The van der Waals surface area contributed by atoms with Crippen LogP contribution in [0.4, 0.5) is 4.39 Å². The van der Waals surface area contributed by atoms with Crippen molar-refractivity contribution in [2.45, 2.75) is 19.6 Å². The summed E-state index contributed by atoms with van der Waals surface area (Å²) in [5.41, 5.74) is 1.35. The first-order valence-electron chi connectivity index (χ1n) is 7.64.